The number of ether oxygens (including phenoxy) is 3. The van der Waals surface area contributed by atoms with E-state index in [2.05, 4.69) is 10.5 Å². The molecule has 8 nitrogen and oxygen atoms in total. The summed E-state index contributed by atoms with van der Waals surface area (Å²) >= 11 is 6.16. The van der Waals surface area contributed by atoms with Gasteiger partial charge in [-0.05, 0) is 66.6 Å². The molecule has 4 aromatic carbocycles. The fourth-order valence-corrected chi connectivity index (χ4v) is 3.83. The largest absolute Gasteiger partial charge is 0.490 e. The van der Waals surface area contributed by atoms with Crippen LogP contribution in [-0.4, -0.2) is 29.8 Å². The fourth-order valence-electron chi connectivity index (χ4n) is 3.65. The van der Waals surface area contributed by atoms with Crippen LogP contribution in [0.15, 0.2) is 96.1 Å². The Morgan fingerprint density at radius 1 is 0.800 bits per heavy atom. The second-order valence-corrected chi connectivity index (χ2v) is 8.98. The van der Waals surface area contributed by atoms with E-state index in [1.165, 1.54) is 18.3 Å². The molecular formula is C31H27ClN2O6. The third-order valence-electron chi connectivity index (χ3n) is 5.68. The zero-order valence-corrected chi connectivity index (χ0v) is 22.4. The van der Waals surface area contributed by atoms with Crippen LogP contribution in [0.25, 0.3) is 0 Å². The average molecular weight is 559 g/mol. The predicted octanol–water partition coefficient (Wildman–Crippen LogP) is 6.36. The van der Waals surface area contributed by atoms with E-state index in [1.807, 2.05) is 37.3 Å². The van der Waals surface area contributed by atoms with Gasteiger partial charge in [-0.3, -0.25) is 4.79 Å². The first kappa shape index (κ1) is 28.2. The van der Waals surface area contributed by atoms with Crippen LogP contribution in [0, 0.1) is 0 Å². The second-order valence-electron chi connectivity index (χ2n) is 8.54. The minimum atomic E-state index is -0.993. The lowest BCUT2D eigenvalue weighted by molar-refractivity contribution is 0.0696. The van der Waals surface area contributed by atoms with Gasteiger partial charge in [0.15, 0.2) is 11.5 Å². The van der Waals surface area contributed by atoms with Crippen LogP contribution in [0.5, 0.6) is 17.2 Å². The molecule has 0 saturated carbocycles. The molecule has 0 saturated heterocycles. The van der Waals surface area contributed by atoms with Gasteiger partial charge in [0.05, 0.1) is 18.4 Å². The molecule has 0 radical (unpaired) electrons. The second kappa shape index (κ2) is 13.8. The van der Waals surface area contributed by atoms with Gasteiger partial charge in [-0.2, -0.15) is 5.10 Å². The number of carbonyl (C=O) groups is 2. The molecule has 0 fully saturated rings. The molecule has 0 aromatic heterocycles. The SMILES string of the molecule is CCOc1cc(C(=O)N/N=C/c2cc(Cl)ccc2OCc2ccc(C(=O)O)cc2)ccc1OCc1ccccc1. The van der Waals surface area contributed by atoms with E-state index in [-0.39, 0.29) is 12.2 Å². The van der Waals surface area contributed by atoms with Crippen molar-refractivity contribution in [2.24, 2.45) is 5.10 Å². The topological polar surface area (TPSA) is 106 Å². The number of carboxylic acids is 1. The third-order valence-corrected chi connectivity index (χ3v) is 5.91. The summed E-state index contributed by atoms with van der Waals surface area (Å²) in [4.78, 5) is 23.8. The van der Waals surface area contributed by atoms with Crippen molar-refractivity contribution < 1.29 is 28.9 Å². The van der Waals surface area contributed by atoms with Crippen LogP contribution in [0.4, 0.5) is 0 Å². The van der Waals surface area contributed by atoms with E-state index in [0.29, 0.717) is 46.6 Å². The van der Waals surface area contributed by atoms with Crippen molar-refractivity contribution in [2.75, 3.05) is 6.61 Å². The van der Waals surface area contributed by atoms with E-state index < -0.39 is 11.9 Å². The number of amides is 1. The van der Waals surface area contributed by atoms with Crippen molar-refractivity contribution in [3.8, 4) is 17.2 Å². The number of aromatic carboxylic acids is 1. The molecule has 1 amide bonds. The Balaban J connectivity index is 1.40. The summed E-state index contributed by atoms with van der Waals surface area (Å²) in [5.74, 6) is 0.0475. The highest BCUT2D eigenvalue weighted by atomic mass is 35.5. The number of carboxylic acid groups (broad SMARTS) is 1. The molecule has 204 valence electrons. The maximum Gasteiger partial charge on any atom is 0.335 e. The van der Waals surface area contributed by atoms with E-state index in [9.17, 15) is 9.59 Å². The van der Waals surface area contributed by atoms with Gasteiger partial charge in [-0.15, -0.1) is 0 Å². The molecule has 0 atom stereocenters. The number of nitrogens with one attached hydrogen (secondary N) is 1. The number of hydrogen-bond donors (Lipinski definition) is 2. The van der Waals surface area contributed by atoms with Crippen molar-refractivity contribution in [2.45, 2.75) is 20.1 Å². The van der Waals surface area contributed by atoms with Gasteiger partial charge >= 0.3 is 5.97 Å². The Hall–Kier alpha value is -4.82. The van der Waals surface area contributed by atoms with Crippen LogP contribution in [0.2, 0.25) is 5.02 Å². The van der Waals surface area contributed by atoms with Crippen molar-refractivity contribution >= 4 is 29.7 Å². The third kappa shape index (κ3) is 7.85. The fraction of sp³-hybridized carbons (Fsp3) is 0.129. The number of hydrogen-bond acceptors (Lipinski definition) is 6. The number of nitrogens with zero attached hydrogens (tertiary/aromatic N) is 1. The summed E-state index contributed by atoms with van der Waals surface area (Å²) in [5.41, 5.74) is 5.41. The molecule has 40 heavy (non-hydrogen) atoms. The highest BCUT2D eigenvalue weighted by molar-refractivity contribution is 6.30. The minimum Gasteiger partial charge on any atom is -0.490 e. The number of carbonyl (C=O) groups excluding carboxylic acids is 1. The molecular weight excluding hydrogens is 532 g/mol. The summed E-state index contributed by atoms with van der Waals surface area (Å²) in [6.07, 6.45) is 1.44. The highest BCUT2D eigenvalue weighted by Gasteiger charge is 2.12. The van der Waals surface area contributed by atoms with Gasteiger partial charge < -0.3 is 19.3 Å². The molecule has 2 N–H and O–H groups in total. The van der Waals surface area contributed by atoms with Crippen molar-refractivity contribution in [1.29, 1.82) is 0 Å². The van der Waals surface area contributed by atoms with Gasteiger partial charge in [0, 0.05) is 16.1 Å². The first-order valence-corrected chi connectivity index (χ1v) is 12.8. The molecule has 0 bridgehead atoms. The monoisotopic (exact) mass is 558 g/mol. The molecule has 0 unspecified atom stereocenters. The van der Waals surface area contributed by atoms with Gasteiger partial charge in [-0.25, -0.2) is 10.2 Å². The van der Waals surface area contributed by atoms with Crippen molar-refractivity contribution in [1.82, 2.24) is 5.43 Å². The van der Waals surface area contributed by atoms with E-state index in [0.717, 1.165) is 11.1 Å². The molecule has 0 heterocycles. The molecule has 0 spiro atoms. The van der Waals surface area contributed by atoms with Crippen LogP contribution >= 0.6 is 11.6 Å². The number of halogens is 1. The van der Waals surface area contributed by atoms with Gasteiger partial charge in [0.2, 0.25) is 0 Å². The lowest BCUT2D eigenvalue weighted by Crippen LogP contribution is -2.18. The van der Waals surface area contributed by atoms with E-state index >= 15 is 0 Å². The quantitative estimate of drug-likeness (QED) is 0.155. The van der Waals surface area contributed by atoms with Crippen LogP contribution in [0.1, 0.15) is 44.3 Å². The Kier molecular flexibility index (Phi) is 9.74. The first-order chi connectivity index (χ1) is 19.4. The zero-order chi connectivity index (χ0) is 28.3. The first-order valence-electron chi connectivity index (χ1n) is 12.4. The Morgan fingerprint density at radius 2 is 1.45 bits per heavy atom. The predicted molar refractivity (Wildman–Crippen MR) is 153 cm³/mol. The standard InChI is InChI=1S/C31H27ClN2O6/c1-2-38-29-17-24(12-14-28(29)40-19-21-6-4-3-5-7-21)30(35)34-33-18-25-16-26(32)13-15-27(25)39-20-22-8-10-23(11-9-22)31(36)37/h3-18H,2,19-20H2,1H3,(H,34,35)(H,36,37)/b33-18+. The Morgan fingerprint density at radius 3 is 2.15 bits per heavy atom. The molecule has 0 aliphatic rings. The Bertz CT molecular complexity index is 1490. The van der Waals surface area contributed by atoms with E-state index in [4.69, 9.17) is 30.9 Å². The van der Waals surface area contributed by atoms with Gasteiger partial charge in [-0.1, -0.05) is 54.1 Å². The molecule has 9 heteroatoms. The summed E-state index contributed by atoms with van der Waals surface area (Å²) in [6.45, 7) is 2.84. The van der Waals surface area contributed by atoms with Crippen molar-refractivity contribution in [3.05, 3.63) is 124 Å². The molecule has 4 rings (SSSR count). The Labute approximate surface area is 236 Å². The smallest absolute Gasteiger partial charge is 0.335 e. The highest BCUT2D eigenvalue weighted by Crippen LogP contribution is 2.29. The summed E-state index contributed by atoms with van der Waals surface area (Å²) in [6, 6.07) is 26.1. The zero-order valence-electron chi connectivity index (χ0n) is 21.7. The molecule has 0 aliphatic carbocycles. The summed E-state index contributed by atoms with van der Waals surface area (Å²) in [7, 11) is 0. The van der Waals surface area contributed by atoms with Crippen LogP contribution < -0.4 is 19.6 Å². The average Bonchev–Trinajstić information content (AvgIpc) is 2.97. The van der Waals surface area contributed by atoms with Gasteiger partial charge in [0.1, 0.15) is 19.0 Å². The van der Waals surface area contributed by atoms with Crippen molar-refractivity contribution in [3.63, 3.8) is 0 Å². The number of benzene rings is 4. The number of hydrazone groups is 1. The maximum absolute atomic E-state index is 12.8. The minimum absolute atomic E-state index is 0.196. The maximum atomic E-state index is 12.8. The number of rotatable bonds is 12. The van der Waals surface area contributed by atoms with E-state index in [1.54, 1.807) is 48.5 Å². The molecule has 4 aromatic rings. The lowest BCUT2D eigenvalue weighted by atomic mass is 10.1. The van der Waals surface area contributed by atoms with Gasteiger partial charge in [0.25, 0.3) is 5.91 Å². The van der Waals surface area contributed by atoms with Crippen LogP contribution in [-0.2, 0) is 13.2 Å². The molecule has 0 aliphatic heterocycles. The lowest BCUT2D eigenvalue weighted by Gasteiger charge is -2.13. The van der Waals surface area contributed by atoms with Crippen LogP contribution in [0.3, 0.4) is 0 Å². The summed E-state index contributed by atoms with van der Waals surface area (Å²) < 4.78 is 17.5. The normalized spacial score (nSPS) is 10.8. The summed E-state index contributed by atoms with van der Waals surface area (Å²) in [5, 5.41) is 13.6.